The molecular formula is C31H35FN6O5. The van der Waals surface area contributed by atoms with Gasteiger partial charge in [0.25, 0.3) is 17.4 Å². The molecule has 226 valence electrons. The molecule has 1 aliphatic rings. The first kappa shape index (κ1) is 31.3. The number of benzene rings is 1. The average molecular weight is 591 g/mol. The van der Waals surface area contributed by atoms with E-state index < -0.39 is 23.5 Å². The van der Waals surface area contributed by atoms with Crippen LogP contribution in [0.1, 0.15) is 52.6 Å². The molecule has 0 aliphatic carbocycles. The number of aromatic nitrogens is 2. The summed E-state index contributed by atoms with van der Waals surface area (Å²) in [5, 5.41) is 15.4. The molecule has 2 aromatic heterocycles. The summed E-state index contributed by atoms with van der Waals surface area (Å²) in [5.41, 5.74) is 1.57. The second-order valence-electron chi connectivity index (χ2n) is 10.7. The number of nitrogens with zero attached hydrogens (tertiary/aromatic N) is 4. The number of hydrogen-bond donors (Lipinski definition) is 2. The predicted octanol–water partition coefficient (Wildman–Crippen LogP) is 3.28. The van der Waals surface area contributed by atoms with E-state index in [-0.39, 0.29) is 53.7 Å². The number of ether oxygens (including phenoxy) is 2. The molecule has 43 heavy (non-hydrogen) atoms. The Labute approximate surface area is 249 Å². The Bertz CT molecular complexity index is 1610. The van der Waals surface area contributed by atoms with Gasteiger partial charge in [0.15, 0.2) is 0 Å². The van der Waals surface area contributed by atoms with Gasteiger partial charge in [0.2, 0.25) is 5.88 Å². The van der Waals surface area contributed by atoms with E-state index in [1.165, 1.54) is 21.6 Å². The maximum atomic E-state index is 13.5. The van der Waals surface area contributed by atoms with Gasteiger partial charge in [-0.3, -0.25) is 14.4 Å². The molecule has 0 spiro atoms. The van der Waals surface area contributed by atoms with E-state index in [9.17, 15) is 24.0 Å². The van der Waals surface area contributed by atoms with Crippen molar-refractivity contribution in [3.8, 4) is 23.1 Å². The van der Waals surface area contributed by atoms with Crippen LogP contribution in [0.3, 0.4) is 0 Å². The van der Waals surface area contributed by atoms with Crippen LogP contribution >= 0.6 is 0 Å². The highest BCUT2D eigenvalue weighted by Crippen LogP contribution is 2.32. The molecule has 2 N–H and O–H groups in total. The molecule has 1 atom stereocenters. The zero-order valence-corrected chi connectivity index (χ0v) is 24.8. The molecule has 3 aromatic rings. The quantitative estimate of drug-likeness (QED) is 0.347. The van der Waals surface area contributed by atoms with E-state index >= 15 is 0 Å². The van der Waals surface area contributed by atoms with Crippen LogP contribution in [-0.2, 0) is 18.3 Å². The monoisotopic (exact) mass is 590 g/mol. The van der Waals surface area contributed by atoms with E-state index in [0.29, 0.717) is 24.2 Å². The second kappa shape index (κ2) is 13.6. The van der Waals surface area contributed by atoms with Gasteiger partial charge in [-0.05, 0) is 61.7 Å². The summed E-state index contributed by atoms with van der Waals surface area (Å²) in [7, 11) is 3.19. The predicted molar refractivity (Wildman–Crippen MR) is 159 cm³/mol. The molecule has 4 rings (SSSR count). The number of anilines is 1. The number of amides is 2. The van der Waals surface area contributed by atoms with Crippen molar-refractivity contribution in [3.63, 3.8) is 0 Å². The molecule has 3 heterocycles. The Morgan fingerprint density at radius 3 is 2.56 bits per heavy atom. The van der Waals surface area contributed by atoms with E-state index in [1.807, 2.05) is 26.8 Å². The third-order valence-electron chi connectivity index (χ3n) is 6.86. The van der Waals surface area contributed by atoms with Gasteiger partial charge in [0.05, 0.1) is 36.9 Å². The molecular weight excluding hydrogens is 555 g/mol. The molecule has 12 heteroatoms. The first-order chi connectivity index (χ1) is 20.5. The number of rotatable bonds is 11. The average Bonchev–Trinajstić information content (AvgIpc) is 2.95. The number of aryl methyl sites for hydroxylation is 1. The summed E-state index contributed by atoms with van der Waals surface area (Å²) in [4.78, 5) is 45.3. The lowest BCUT2D eigenvalue weighted by Gasteiger charge is -2.34. The van der Waals surface area contributed by atoms with Crippen molar-refractivity contribution in [2.45, 2.75) is 45.7 Å². The van der Waals surface area contributed by atoms with Gasteiger partial charge in [-0.25, -0.2) is 4.39 Å². The highest BCUT2D eigenvalue weighted by Gasteiger charge is 2.32. The molecule has 0 unspecified atom stereocenters. The van der Waals surface area contributed by atoms with Crippen LogP contribution in [0.5, 0.6) is 5.88 Å². The molecule has 1 saturated heterocycles. The van der Waals surface area contributed by atoms with Crippen molar-refractivity contribution in [2.75, 3.05) is 32.1 Å². The number of pyridine rings is 2. The summed E-state index contributed by atoms with van der Waals surface area (Å²) in [6.07, 6.45) is 0.308. The highest BCUT2D eigenvalue weighted by molar-refractivity contribution is 6.05. The fourth-order valence-corrected chi connectivity index (χ4v) is 4.56. The number of carbonyl (C=O) groups is 2. The molecule has 1 aliphatic heterocycles. The second-order valence-corrected chi connectivity index (χ2v) is 10.7. The van der Waals surface area contributed by atoms with E-state index in [4.69, 9.17) is 9.47 Å². The molecule has 0 saturated carbocycles. The summed E-state index contributed by atoms with van der Waals surface area (Å²) >= 11 is 0. The lowest BCUT2D eigenvalue weighted by atomic mass is 9.96. The van der Waals surface area contributed by atoms with E-state index in [0.717, 1.165) is 5.56 Å². The third-order valence-corrected chi connectivity index (χ3v) is 6.86. The Kier molecular flexibility index (Phi) is 9.90. The standard InChI is InChI=1S/C31H35FN6O5/c1-18(2)43-28-11-22(24-7-6-20(12-33)8-25(24)31(41)38-16-23(32)17-38)10-27(35-28)36-29(39)26-9-21(15-37(4)30(26)40)14-34-13-19(3)42-5/h6-11,15,18-19,23,34H,13-14,16-17H2,1-5H3,(H,35,36,39)/t19-/m0/s1. The van der Waals surface area contributed by atoms with Crippen LogP contribution in [-0.4, -0.2) is 71.4 Å². The Balaban J connectivity index is 1.69. The fraction of sp³-hybridized carbons (Fsp3) is 0.387. The summed E-state index contributed by atoms with van der Waals surface area (Å²) < 4.78 is 26.0. The summed E-state index contributed by atoms with van der Waals surface area (Å²) in [5.74, 6) is -0.813. The van der Waals surface area contributed by atoms with E-state index in [2.05, 4.69) is 15.6 Å². The normalized spacial score (nSPS) is 13.8. The van der Waals surface area contributed by atoms with Crippen molar-refractivity contribution < 1.29 is 23.5 Å². The van der Waals surface area contributed by atoms with Gasteiger partial charge in [-0.1, -0.05) is 6.07 Å². The molecule has 1 fully saturated rings. The van der Waals surface area contributed by atoms with Gasteiger partial charge in [0, 0.05) is 45.1 Å². The first-order valence-corrected chi connectivity index (χ1v) is 13.9. The summed E-state index contributed by atoms with van der Waals surface area (Å²) in [6.45, 7) is 6.51. The van der Waals surface area contributed by atoms with Gasteiger partial charge in [-0.15, -0.1) is 0 Å². The van der Waals surface area contributed by atoms with Gasteiger partial charge in [0.1, 0.15) is 17.6 Å². The molecule has 0 radical (unpaired) electrons. The van der Waals surface area contributed by atoms with Crippen LogP contribution in [0.4, 0.5) is 10.2 Å². The van der Waals surface area contributed by atoms with Gasteiger partial charge >= 0.3 is 0 Å². The maximum absolute atomic E-state index is 13.5. The number of likely N-dealkylation sites (tertiary alicyclic amines) is 1. The molecule has 11 nitrogen and oxygen atoms in total. The number of hydrogen-bond acceptors (Lipinski definition) is 8. The van der Waals surface area contributed by atoms with Crippen LogP contribution in [0.15, 0.2) is 47.4 Å². The smallest absolute Gasteiger partial charge is 0.263 e. The number of methoxy groups -OCH3 is 1. The zero-order chi connectivity index (χ0) is 31.3. The number of nitrogens with one attached hydrogen (secondary N) is 2. The van der Waals surface area contributed by atoms with Crippen molar-refractivity contribution >= 4 is 17.6 Å². The van der Waals surface area contributed by atoms with Crippen LogP contribution in [0, 0.1) is 11.3 Å². The Hall–Kier alpha value is -4.60. The fourth-order valence-electron chi connectivity index (χ4n) is 4.56. The minimum Gasteiger partial charge on any atom is -0.475 e. The van der Waals surface area contributed by atoms with Crippen molar-refractivity contribution in [1.29, 1.82) is 5.26 Å². The maximum Gasteiger partial charge on any atom is 0.263 e. The van der Waals surface area contributed by atoms with Gasteiger partial charge in [-0.2, -0.15) is 10.2 Å². The van der Waals surface area contributed by atoms with Crippen LogP contribution in [0.25, 0.3) is 11.1 Å². The molecule has 0 bridgehead atoms. The molecule has 2 amide bonds. The number of alkyl halides is 1. The highest BCUT2D eigenvalue weighted by atomic mass is 19.1. The zero-order valence-electron chi connectivity index (χ0n) is 24.8. The topological polar surface area (TPSA) is 139 Å². The molecule has 1 aromatic carbocycles. The lowest BCUT2D eigenvalue weighted by molar-refractivity contribution is 0.0401. The Morgan fingerprint density at radius 2 is 1.91 bits per heavy atom. The Morgan fingerprint density at radius 1 is 1.16 bits per heavy atom. The lowest BCUT2D eigenvalue weighted by Crippen LogP contribution is -2.51. The van der Waals surface area contributed by atoms with E-state index in [1.54, 1.807) is 44.6 Å². The van der Waals surface area contributed by atoms with Gasteiger partial charge < -0.3 is 29.6 Å². The minimum atomic E-state index is -1.09. The minimum absolute atomic E-state index is 0.00524. The largest absolute Gasteiger partial charge is 0.475 e. The number of halogens is 1. The number of nitriles is 1. The van der Waals surface area contributed by atoms with Crippen molar-refractivity contribution in [1.82, 2.24) is 19.8 Å². The van der Waals surface area contributed by atoms with Crippen molar-refractivity contribution in [3.05, 3.63) is 75.2 Å². The third kappa shape index (κ3) is 7.63. The van der Waals surface area contributed by atoms with Crippen LogP contribution in [0.2, 0.25) is 0 Å². The number of carbonyl (C=O) groups excluding carboxylic acids is 2. The van der Waals surface area contributed by atoms with Crippen molar-refractivity contribution in [2.24, 2.45) is 7.05 Å². The van der Waals surface area contributed by atoms with Crippen LogP contribution < -0.4 is 20.9 Å². The SMILES string of the molecule is CO[C@@H](C)CNCc1cc(C(=O)Nc2cc(-c3ccc(C#N)cc3C(=O)N3CC(F)C3)cc(OC(C)C)n2)c(=O)n(C)c1. The summed E-state index contributed by atoms with van der Waals surface area (Å²) in [6, 6.07) is 11.4. The first-order valence-electron chi connectivity index (χ1n) is 13.9.